The molecule has 5 rings (SSSR count). The number of rotatable bonds is 5. The quantitative estimate of drug-likeness (QED) is 0.683. The predicted molar refractivity (Wildman–Crippen MR) is 118 cm³/mol. The lowest BCUT2D eigenvalue weighted by Crippen LogP contribution is -2.54. The van der Waals surface area contributed by atoms with Gasteiger partial charge in [0.05, 0.1) is 11.1 Å². The van der Waals surface area contributed by atoms with Crippen molar-refractivity contribution >= 4 is 29.3 Å². The third kappa shape index (κ3) is 3.60. The fourth-order valence-corrected chi connectivity index (χ4v) is 5.94. The molecule has 2 saturated heterocycles. The van der Waals surface area contributed by atoms with Crippen molar-refractivity contribution in [3.63, 3.8) is 0 Å². The van der Waals surface area contributed by atoms with Gasteiger partial charge in [-0.3, -0.25) is 29.4 Å². The smallest absolute Gasteiger partial charge is 0.264 e. The summed E-state index contributed by atoms with van der Waals surface area (Å²) < 4.78 is 0. The molecule has 1 unspecified atom stereocenters. The van der Waals surface area contributed by atoms with Gasteiger partial charge in [0.15, 0.2) is 0 Å². The highest BCUT2D eigenvalue weighted by atomic mass is 16.2. The van der Waals surface area contributed by atoms with Gasteiger partial charge in [0, 0.05) is 18.7 Å². The number of anilines is 1. The number of piperidine rings is 2. The maximum Gasteiger partial charge on any atom is 0.264 e. The molecular weight excluding hydrogens is 408 g/mol. The van der Waals surface area contributed by atoms with Gasteiger partial charge in [-0.25, -0.2) is 0 Å². The summed E-state index contributed by atoms with van der Waals surface area (Å²) in [5.74, 6) is -1.18. The maximum absolute atomic E-state index is 13.1. The summed E-state index contributed by atoms with van der Waals surface area (Å²) in [7, 11) is 2.19. The van der Waals surface area contributed by atoms with Gasteiger partial charge in [-0.15, -0.1) is 0 Å². The van der Waals surface area contributed by atoms with Crippen LogP contribution in [0.2, 0.25) is 0 Å². The Kier molecular flexibility index (Phi) is 5.28. The van der Waals surface area contributed by atoms with Crippen molar-refractivity contribution < 1.29 is 19.2 Å². The highest BCUT2D eigenvalue weighted by molar-refractivity contribution is 6.25. The average Bonchev–Trinajstić information content (AvgIpc) is 3.00. The maximum atomic E-state index is 13.1. The first-order valence-electron chi connectivity index (χ1n) is 11.6. The highest BCUT2D eigenvalue weighted by Gasteiger charge is 2.46. The number of nitrogens with one attached hydrogen (secondary N) is 2. The summed E-state index contributed by atoms with van der Waals surface area (Å²) in [5.41, 5.74) is 1.85. The molecule has 1 saturated carbocycles. The molecule has 3 aliphatic heterocycles. The van der Waals surface area contributed by atoms with Crippen LogP contribution in [0.1, 0.15) is 65.7 Å². The Balaban J connectivity index is 1.21. The third-order valence-corrected chi connectivity index (χ3v) is 7.83. The Hall–Kier alpha value is -2.74. The molecular formula is C24H30N4O4. The van der Waals surface area contributed by atoms with Gasteiger partial charge in [-0.2, -0.15) is 0 Å². The van der Waals surface area contributed by atoms with Crippen LogP contribution in [0.5, 0.6) is 0 Å². The molecule has 1 aromatic rings. The van der Waals surface area contributed by atoms with Crippen LogP contribution in [0.3, 0.4) is 0 Å². The van der Waals surface area contributed by atoms with Crippen LogP contribution in [-0.4, -0.2) is 66.2 Å². The summed E-state index contributed by atoms with van der Waals surface area (Å²) in [5, 5.41) is 5.61. The molecule has 2 N–H and O–H groups in total. The van der Waals surface area contributed by atoms with Crippen LogP contribution in [0.4, 0.5) is 5.69 Å². The van der Waals surface area contributed by atoms with E-state index in [1.54, 1.807) is 12.1 Å². The first-order chi connectivity index (χ1) is 15.4. The van der Waals surface area contributed by atoms with Gasteiger partial charge in [-0.05, 0) is 82.1 Å². The van der Waals surface area contributed by atoms with Gasteiger partial charge in [0.2, 0.25) is 11.8 Å². The van der Waals surface area contributed by atoms with Crippen LogP contribution >= 0.6 is 0 Å². The second-order valence-electron chi connectivity index (χ2n) is 9.97. The Morgan fingerprint density at radius 3 is 2.56 bits per heavy atom. The van der Waals surface area contributed by atoms with E-state index >= 15 is 0 Å². The van der Waals surface area contributed by atoms with Gasteiger partial charge < -0.3 is 10.2 Å². The Bertz CT molecular complexity index is 974. The standard InChI is InChI=1S/C24H30N4O4/c1-27-11-8-24(9-12-27)13-15(14-24)7-10-25-17-4-2-3-16-20(17)23(32)28(22(16)31)18-5-6-19(29)26-21(18)30/h2-4,15,18,25H,5-14H2,1H3,(H,26,29,30). The van der Waals surface area contributed by atoms with Gasteiger partial charge in [0.25, 0.3) is 11.8 Å². The average molecular weight is 439 g/mol. The number of imide groups is 2. The van der Waals surface area contributed by atoms with E-state index in [1.807, 2.05) is 6.07 Å². The van der Waals surface area contributed by atoms with Crippen molar-refractivity contribution in [3.05, 3.63) is 29.3 Å². The fraction of sp³-hybridized carbons (Fsp3) is 0.583. The van der Waals surface area contributed by atoms with E-state index in [9.17, 15) is 19.2 Å². The number of hydrogen-bond donors (Lipinski definition) is 2. The first kappa shape index (κ1) is 21.1. The van der Waals surface area contributed by atoms with Crippen LogP contribution in [0, 0.1) is 11.3 Å². The lowest BCUT2D eigenvalue weighted by Gasteiger charge is -2.52. The number of carbonyl (C=O) groups excluding carboxylic acids is 4. The van der Waals surface area contributed by atoms with Crippen molar-refractivity contribution in [2.24, 2.45) is 11.3 Å². The zero-order valence-corrected chi connectivity index (χ0v) is 18.5. The summed E-state index contributed by atoms with van der Waals surface area (Å²) in [6.07, 6.45) is 6.50. The second-order valence-corrected chi connectivity index (χ2v) is 9.97. The van der Waals surface area contributed by atoms with Crippen LogP contribution in [-0.2, 0) is 9.59 Å². The minimum Gasteiger partial charge on any atom is -0.384 e. The molecule has 0 aromatic heterocycles. The second kappa shape index (κ2) is 7.99. The number of nitrogens with zero attached hydrogens (tertiary/aromatic N) is 2. The van der Waals surface area contributed by atoms with E-state index < -0.39 is 23.8 Å². The number of likely N-dealkylation sites (tertiary alicyclic amines) is 1. The van der Waals surface area contributed by atoms with E-state index in [1.165, 1.54) is 38.8 Å². The molecule has 3 fully saturated rings. The molecule has 1 atom stereocenters. The van der Waals surface area contributed by atoms with Crippen LogP contribution < -0.4 is 10.6 Å². The van der Waals surface area contributed by atoms with E-state index in [0.717, 1.165) is 17.9 Å². The Labute approximate surface area is 187 Å². The number of fused-ring (bicyclic) bond motifs is 1. The van der Waals surface area contributed by atoms with Crippen molar-refractivity contribution in [3.8, 4) is 0 Å². The fourth-order valence-electron chi connectivity index (χ4n) is 5.94. The van der Waals surface area contributed by atoms with Crippen LogP contribution in [0.25, 0.3) is 0 Å². The summed E-state index contributed by atoms with van der Waals surface area (Å²) in [6, 6.07) is 4.27. The number of hydrogen-bond acceptors (Lipinski definition) is 6. The molecule has 0 bridgehead atoms. The lowest BCUT2D eigenvalue weighted by atomic mass is 9.57. The highest BCUT2D eigenvalue weighted by Crippen LogP contribution is 2.53. The minimum absolute atomic E-state index is 0.119. The topological polar surface area (TPSA) is 98.8 Å². The lowest BCUT2D eigenvalue weighted by molar-refractivity contribution is -0.136. The van der Waals surface area contributed by atoms with Gasteiger partial charge >= 0.3 is 0 Å². The first-order valence-corrected chi connectivity index (χ1v) is 11.6. The normalized spacial score (nSPS) is 25.7. The summed E-state index contributed by atoms with van der Waals surface area (Å²) in [4.78, 5) is 53.2. The van der Waals surface area contributed by atoms with Crippen molar-refractivity contribution in [1.82, 2.24) is 15.1 Å². The predicted octanol–water partition coefficient (Wildman–Crippen LogP) is 2.01. The van der Waals surface area contributed by atoms with Crippen molar-refractivity contribution in [2.75, 3.05) is 32.0 Å². The molecule has 170 valence electrons. The molecule has 4 amide bonds. The molecule has 8 nitrogen and oxygen atoms in total. The molecule has 8 heteroatoms. The zero-order chi connectivity index (χ0) is 22.5. The van der Waals surface area contributed by atoms with E-state index in [2.05, 4.69) is 22.6 Å². The van der Waals surface area contributed by atoms with Gasteiger partial charge in [0.1, 0.15) is 6.04 Å². The number of amides is 4. The minimum atomic E-state index is -0.936. The van der Waals surface area contributed by atoms with Crippen LogP contribution in [0.15, 0.2) is 18.2 Å². The molecule has 4 aliphatic rings. The van der Waals surface area contributed by atoms with Crippen molar-refractivity contribution in [1.29, 1.82) is 0 Å². The summed E-state index contributed by atoms with van der Waals surface area (Å²) in [6.45, 7) is 3.14. The molecule has 1 aliphatic carbocycles. The van der Waals surface area contributed by atoms with Crippen molar-refractivity contribution in [2.45, 2.75) is 51.0 Å². The van der Waals surface area contributed by atoms with E-state index in [0.29, 0.717) is 28.1 Å². The molecule has 0 radical (unpaired) electrons. The largest absolute Gasteiger partial charge is 0.384 e. The van der Waals surface area contributed by atoms with E-state index in [-0.39, 0.29) is 18.7 Å². The Morgan fingerprint density at radius 1 is 1.09 bits per heavy atom. The van der Waals surface area contributed by atoms with Gasteiger partial charge in [-0.1, -0.05) is 6.07 Å². The summed E-state index contributed by atoms with van der Waals surface area (Å²) >= 11 is 0. The zero-order valence-electron chi connectivity index (χ0n) is 18.5. The molecule has 1 spiro atoms. The monoisotopic (exact) mass is 438 g/mol. The van der Waals surface area contributed by atoms with E-state index in [4.69, 9.17) is 0 Å². The molecule has 1 aromatic carbocycles. The Morgan fingerprint density at radius 2 is 1.84 bits per heavy atom. The number of carbonyl (C=O) groups is 4. The number of benzene rings is 1. The SMILES string of the molecule is CN1CCC2(CC1)CC(CCNc1cccc3c1C(=O)N(C1CCC(=O)NC1=O)C3=O)C2. The molecule has 32 heavy (non-hydrogen) atoms. The third-order valence-electron chi connectivity index (χ3n) is 7.83. The molecule has 3 heterocycles.